The van der Waals surface area contributed by atoms with Gasteiger partial charge in [0.25, 0.3) is 0 Å². The number of methoxy groups -OCH3 is 2. The molecule has 9 atom stereocenters. The molecule has 48 heavy (non-hydrogen) atoms. The third-order valence-corrected chi connectivity index (χ3v) is 15.7. The Bertz CT molecular complexity index is 1100. The highest BCUT2D eigenvalue weighted by Crippen LogP contribution is 2.40. The van der Waals surface area contributed by atoms with E-state index in [0.29, 0.717) is 18.9 Å². The molecule has 2 rings (SSSR count). The Balaban J connectivity index is 2.56. The number of hydrogen-bond donors (Lipinski definition) is 0. The molecule has 1 aromatic rings. The standard InChI is InChI=1S/C40H68O7Si/c1-14-19-20-28(6)35-26-36(46-40(10,11)45-35)30(8)38(44-27-32-21-23-34(42-12)24-22-32)31(9)37(47-48(16-3,17-4)18-5)29(7)25-33(15-2)39(41)43-13/h1,21-24,28-31,33,35-38H,15-20,25-27H2,2-13H3/t28-,29-,30-,31+,33-,35-,36-,37-,38-/m0/s1. The van der Waals surface area contributed by atoms with Crippen molar-refractivity contribution in [2.24, 2.45) is 29.6 Å². The van der Waals surface area contributed by atoms with Gasteiger partial charge in [-0.3, -0.25) is 4.79 Å². The second kappa shape index (κ2) is 20.1. The third kappa shape index (κ3) is 11.9. The van der Waals surface area contributed by atoms with Gasteiger partial charge in [-0.2, -0.15) is 0 Å². The minimum Gasteiger partial charge on any atom is -0.497 e. The van der Waals surface area contributed by atoms with Crippen LogP contribution in [0.2, 0.25) is 18.1 Å². The Morgan fingerprint density at radius 1 is 0.979 bits per heavy atom. The normalized spacial score (nSPS) is 22.4. The molecule has 1 heterocycles. The Hall–Kier alpha value is -1.89. The first-order valence-electron chi connectivity index (χ1n) is 18.5. The van der Waals surface area contributed by atoms with Crippen molar-refractivity contribution < 1.29 is 32.9 Å². The van der Waals surface area contributed by atoms with E-state index in [1.165, 1.54) is 7.11 Å². The summed E-state index contributed by atoms with van der Waals surface area (Å²) >= 11 is 0. The fraction of sp³-hybridized carbons (Fsp3) is 0.775. The van der Waals surface area contributed by atoms with Crippen LogP contribution in [-0.2, 0) is 34.8 Å². The molecular formula is C40H68O7Si. The van der Waals surface area contributed by atoms with Crippen LogP contribution in [0.4, 0.5) is 0 Å². The van der Waals surface area contributed by atoms with Gasteiger partial charge in [0.05, 0.1) is 51.2 Å². The van der Waals surface area contributed by atoms with Crippen LogP contribution >= 0.6 is 0 Å². The summed E-state index contributed by atoms with van der Waals surface area (Å²) in [6.07, 6.45) is 9.12. The first kappa shape index (κ1) is 42.3. The Morgan fingerprint density at radius 3 is 2.10 bits per heavy atom. The summed E-state index contributed by atoms with van der Waals surface area (Å²) in [6, 6.07) is 11.2. The van der Waals surface area contributed by atoms with Gasteiger partial charge in [0.2, 0.25) is 0 Å². The van der Waals surface area contributed by atoms with Crippen LogP contribution in [0.5, 0.6) is 5.75 Å². The van der Waals surface area contributed by atoms with E-state index in [-0.39, 0.29) is 54.1 Å². The van der Waals surface area contributed by atoms with Gasteiger partial charge in [-0.25, -0.2) is 0 Å². The van der Waals surface area contributed by atoms with E-state index in [1.54, 1.807) is 7.11 Å². The van der Waals surface area contributed by atoms with Gasteiger partial charge >= 0.3 is 5.97 Å². The van der Waals surface area contributed by atoms with E-state index >= 15 is 0 Å². The lowest BCUT2D eigenvalue weighted by atomic mass is 9.77. The van der Waals surface area contributed by atoms with E-state index in [9.17, 15) is 4.79 Å². The maximum Gasteiger partial charge on any atom is 0.308 e. The molecule has 7 nitrogen and oxygen atoms in total. The van der Waals surface area contributed by atoms with Gasteiger partial charge in [-0.15, -0.1) is 12.3 Å². The number of ether oxygens (including phenoxy) is 5. The monoisotopic (exact) mass is 688 g/mol. The molecule has 1 aliphatic heterocycles. The molecule has 0 spiro atoms. The summed E-state index contributed by atoms with van der Waals surface area (Å²) in [7, 11) is 1.13. The predicted octanol–water partition coefficient (Wildman–Crippen LogP) is 9.43. The zero-order valence-corrected chi connectivity index (χ0v) is 33.3. The van der Waals surface area contributed by atoms with Crippen LogP contribution in [0.3, 0.4) is 0 Å². The van der Waals surface area contributed by atoms with Gasteiger partial charge in [-0.1, -0.05) is 67.5 Å². The number of hydrogen-bond acceptors (Lipinski definition) is 7. The average molecular weight is 689 g/mol. The third-order valence-electron chi connectivity index (χ3n) is 11.0. The smallest absolute Gasteiger partial charge is 0.308 e. The number of carbonyl (C=O) groups excluding carboxylic acids is 1. The molecule has 1 aromatic carbocycles. The van der Waals surface area contributed by atoms with Crippen LogP contribution in [0.1, 0.15) is 107 Å². The molecule has 0 aliphatic carbocycles. The van der Waals surface area contributed by atoms with Gasteiger partial charge in [0.15, 0.2) is 14.1 Å². The first-order valence-corrected chi connectivity index (χ1v) is 21.1. The van der Waals surface area contributed by atoms with E-state index in [2.05, 4.69) is 73.4 Å². The molecule has 1 aliphatic rings. The molecule has 0 saturated carbocycles. The van der Waals surface area contributed by atoms with Crippen molar-refractivity contribution in [2.45, 2.75) is 156 Å². The van der Waals surface area contributed by atoms with E-state index in [4.69, 9.17) is 34.5 Å². The van der Waals surface area contributed by atoms with Crippen molar-refractivity contribution in [2.75, 3.05) is 14.2 Å². The fourth-order valence-corrected chi connectivity index (χ4v) is 10.6. The lowest BCUT2D eigenvalue weighted by molar-refractivity contribution is -0.320. The summed E-state index contributed by atoms with van der Waals surface area (Å²) in [6.45, 7) is 22.4. The summed E-state index contributed by atoms with van der Waals surface area (Å²) in [5.74, 6) is 3.03. The van der Waals surface area contributed by atoms with Crippen LogP contribution in [0.15, 0.2) is 24.3 Å². The topological polar surface area (TPSA) is 72.5 Å². The number of terminal acetylenes is 1. The zero-order chi connectivity index (χ0) is 36.1. The first-order chi connectivity index (χ1) is 22.7. The molecule has 0 N–H and O–H groups in total. The van der Waals surface area contributed by atoms with Crippen molar-refractivity contribution in [3.8, 4) is 18.1 Å². The van der Waals surface area contributed by atoms with Crippen molar-refractivity contribution in [3.63, 3.8) is 0 Å². The zero-order valence-electron chi connectivity index (χ0n) is 32.3. The summed E-state index contributed by atoms with van der Waals surface area (Å²) in [4.78, 5) is 12.8. The van der Waals surface area contributed by atoms with Crippen LogP contribution < -0.4 is 4.74 Å². The van der Waals surface area contributed by atoms with E-state index in [0.717, 1.165) is 55.1 Å². The molecule has 0 aromatic heterocycles. The second-order valence-corrected chi connectivity index (χ2v) is 19.4. The lowest BCUT2D eigenvalue weighted by Crippen LogP contribution is -2.54. The predicted molar refractivity (Wildman–Crippen MR) is 197 cm³/mol. The summed E-state index contributed by atoms with van der Waals surface area (Å²) < 4.78 is 38.2. The minimum atomic E-state index is -2.04. The van der Waals surface area contributed by atoms with Gasteiger partial charge < -0.3 is 28.1 Å². The molecule has 0 bridgehead atoms. The van der Waals surface area contributed by atoms with Crippen LogP contribution in [0.25, 0.3) is 0 Å². The fourth-order valence-electron chi connectivity index (χ4n) is 7.55. The summed E-state index contributed by atoms with van der Waals surface area (Å²) in [5.41, 5.74) is 1.08. The summed E-state index contributed by atoms with van der Waals surface area (Å²) in [5, 5.41) is 0. The van der Waals surface area contributed by atoms with Crippen molar-refractivity contribution in [3.05, 3.63) is 29.8 Å². The maximum atomic E-state index is 12.8. The molecular weight excluding hydrogens is 621 g/mol. The molecule has 0 radical (unpaired) electrons. The van der Waals surface area contributed by atoms with Gasteiger partial charge in [-0.05, 0) is 80.8 Å². The molecule has 0 unspecified atom stereocenters. The van der Waals surface area contributed by atoms with Gasteiger partial charge in [0.1, 0.15) is 5.75 Å². The Morgan fingerprint density at radius 2 is 1.58 bits per heavy atom. The maximum absolute atomic E-state index is 12.8. The SMILES string of the molecule is C#CCC[C@H](C)[C@@H]1C[C@@H]([C@H](C)[C@H](OCc2ccc(OC)cc2)[C@H](C)[C@@H](O[Si](CC)(CC)CC)[C@@H](C)C[C@H](CC)C(=O)OC)OC(C)(C)O1. The molecule has 0 amide bonds. The van der Waals surface area contributed by atoms with Gasteiger partial charge in [0, 0.05) is 24.7 Å². The molecule has 1 fully saturated rings. The van der Waals surface area contributed by atoms with E-state index in [1.807, 2.05) is 26.0 Å². The van der Waals surface area contributed by atoms with Crippen LogP contribution in [-0.4, -0.2) is 58.7 Å². The Kier molecular flexibility index (Phi) is 17.7. The van der Waals surface area contributed by atoms with E-state index < -0.39 is 14.1 Å². The number of benzene rings is 1. The highest BCUT2D eigenvalue weighted by atomic mass is 28.4. The quantitative estimate of drug-likeness (QED) is 0.0724. The van der Waals surface area contributed by atoms with Crippen molar-refractivity contribution >= 4 is 14.3 Å². The lowest BCUT2D eigenvalue weighted by Gasteiger charge is -2.48. The minimum absolute atomic E-state index is 0.0202. The van der Waals surface area contributed by atoms with Crippen molar-refractivity contribution in [1.29, 1.82) is 0 Å². The largest absolute Gasteiger partial charge is 0.497 e. The number of rotatable bonds is 21. The molecule has 274 valence electrons. The highest BCUT2D eigenvalue weighted by Gasteiger charge is 2.46. The average Bonchev–Trinajstić information content (AvgIpc) is 3.09. The Labute approximate surface area is 294 Å². The number of carbonyl (C=O) groups is 1. The highest BCUT2D eigenvalue weighted by molar-refractivity contribution is 6.73. The molecule has 1 saturated heterocycles. The van der Waals surface area contributed by atoms with Crippen molar-refractivity contribution in [1.82, 2.24) is 0 Å². The molecule has 8 heteroatoms. The van der Waals surface area contributed by atoms with Crippen LogP contribution in [0, 0.1) is 41.9 Å². The number of esters is 1. The second-order valence-electron chi connectivity index (χ2n) is 14.7.